The predicted octanol–water partition coefficient (Wildman–Crippen LogP) is 8.03. The number of ketones is 1. The van der Waals surface area contributed by atoms with Gasteiger partial charge in [0.05, 0.1) is 19.8 Å². The molecule has 0 spiro atoms. The molecule has 0 unspecified atom stereocenters. The molecule has 0 heterocycles. The van der Waals surface area contributed by atoms with Crippen molar-refractivity contribution in [3.8, 4) is 17.2 Å². The summed E-state index contributed by atoms with van der Waals surface area (Å²) in [7, 11) is 0. The number of ether oxygens (including phenoxy) is 3. The number of carbonyl (C=O) groups excluding carboxylic acids is 1. The lowest BCUT2D eigenvalue weighted by atomic mass is 9.84. The zero-order chi connectivity index (χ0) is 25.0. The molecule has 0 saturated heterocycles. The van der Waals surface area contributed by atoms with Crippen molar-refractivity contribution in [1.29, 1.82) is 0 Å². The fraction of sp³-hybridized carbons (Fsp3) is 0.500. The van der Waals surface area contributed by atoms with E-state index >= 15 is 0 Å². The standard InChI is InChI=1S/C30H42O4/c1-7-10-19-33-27-21-23(22-28(34-20-11-8-2)29(27)30(4,5)6)12-17-26(31)24-13-15-25(16-14-24)32-18-9-3/h12-17,21-22H,7-11,18-20H2,1-6H3. The Hall–Kier alpha value is -2.75. The van der Waals surface area contributed by atoms with E-state index in [4.69, 9.17) is 14.2 Å². The van der Waals surface area contributed by atoms with Crippen molar-refractivity contribution in [2.75, 3.05) is 19.8 Å². The Morgan fingerprint density at radius 3 is 1.82 bits per heavy atom. The van der Waals surface area contributed by atoms with Crippen LogP contribution in [0.4, 0.5) is 0 Å². The maximum atomic E-state index is 12.8. The summed E-state index contributed by atoms with van der Waals surface area (Å²) in [6.45, 7) is 14.9. The minimum Gasteiger partial charge on any atom is -0.494 e. The lowest BCUT2D eigenvalue weighted by molar-refractivity contribution is 0.104. The first-order chi connectivity index (χ1) is 16.3. The topological polar surface area (TPSA) is 44.8 Å². The third-order valence-corrected chi connectivity index (χ3v) is 5.39. The lowest BCUT2D eigenvalue weighted by Crippen LogP contribution is -2.17. The number of hydrogen-bond donors (Lipinski definition) is 0. The monoisotopic (exact) mass is 466 g/mol. The van der Waals surface area contributed by atoms with E-state index < -0.39 is 0 Å². The van der Waals surface area contributed by atoms with Gasteiger partial charge in [0, 0.05) is 11.1 Å². The Bertz CT molecular complexity index is 889. The third kappa shape index (κ3) is 8.55. The summed E-state index contributed by atoms with van der Waals surface area (Å²) in [4.78, 5) is 12.8. The highest BCUT2D eigenvalue weighted by Gasteiger charge is 2.25. The molecule has 4 nitrogen and oxygen atoms in total. The second-order valence-corrected chi connectivity index (χ2v) is 9.62. The van der Waals surface area contributed by atoms with Crippen molar-refractivity contribution in [1.82, 2.24) is 0 Å². The van der Waals surface area contributed by atoms with Crippen molar-refractivity contribution in [2.24, 2.45) is 0 Å². The summed E-state index contributed by atoms with van der Waals surface area (Å²) < 4.78 is 18.0. The highest BCUT2D eigenvalue weighted by molar-refractivity contribution is 6.06. The summed E-state index contributed by atoms with van der Waals surface area (Å²) in [5.41, 5.74) is 2.46. The molecular formula is C30H42O4. The Labute approximate surface area is 206 Å². The molecule has 4 heteroatoms. The molecule has 0 aliphatic heterocycles. The lowest BCUT2D eigenvalue weighted by Gasteiger charge is -2.26. The number of hydrogen-bond acceptors (Lipinski definition) is 4. The van der Waals surface area contributed by atoms with Gasteiger partial charge in [0.15, 0.2) is 5.78 Å². The van der Waals surface area contributed by atoms with Gasteiger partial charge in [-0.15, -0.1) is 0 Å². The van der Waals surface area contributed by atoms with Gasteiger partial charge in [-0.05, 0) is 72.7 Å². The molecule has 0 N–H and O–H groups in total. The van der Waals surface area contributed by atoms with Crippen molar-refractivity contribution in [3.63, 3.8) is 0 Å². The van der Waals surface area contributed by atoms with Crippen LogP contribution in [0.1, 0.15) is 95.1 Å². The van der Waals surface area contributed by atoms with E-state index in [1.54, 1.807) is 18.2 Å². The maximum Gasteiger partial charge on any atom is 0.185 e. The van der Waals surface area contributed by atoms with Crippen LogP contribution in [0.3, 0.4) is 0 Å². The number of allylic oxidation sites excluding steroid dienone is 1. The van der Waals surface area contributed by atoms with E-state index in [0.717, 1.165) is 60.5 Å². The van der Waals surface area contributed by atoms with E-state index in [1.165, 1.54) is 0 Å². The van der Waals surface area contributed by atoms with Gasteiger partial charge >= 0.3 is 0 Å². The van der Waals surface area contributed by atoms with Crippen molar-refractivity contribution in [3.05, 3.63) is 59.2 Å². The van der Waals surface area contributed by atoms with Crippen LogP contribution in [0.2, 0.25) is 0 Å². The smallest absolute Gasteiger partial charge is 0.185 e. The van der Waals surface area contributed by atoms with Crippen LogP contribution in [0.15, 0.2) is 42.5 Å². The number of rotatable bonds is 14. The van der Waals surface area contributed by atoms with Gasteiger partial charge < -0.3 is 14.2 Å². The number of benzene rings is 2. The Morgan fingerprint density at radius 2 is 1.35 bits per heavy atom. The fourth-order valence-electron chi connectivity index (χ4n) is 3.53. The van der Waals surface area contributed by atoms with E-state index in [1.807, 2.05) is 30.3 Å². The van der Waals surface area contributed by atoms with E-state index in [-0.39, 0.29) is 11.2 Å². The van der Waals surface area contributed by atoms with Gasteiger partial charge in [-0.2, -0.15) is 0 Å². The van der Waals surface area contributed by atoms with Crippen LogP contribution < -0.4 is 14.2 Å². The van der Waals surface area contributed by atoms with Crippen LogP contribution in [0.25, 0.3) is 6.08 Å². The van der Waals surface area contributed by atoms with Gasteiger partial charge in [-0.25, -0.2) is 0 Å². The molecule has 0 bridgehead atoms. The quantitative estimate of drug-likeness (QED) is 0.161. The molecule has 2 aromatic rings. The first-order valence-electron chi connectivity index (χ1n) is 12.7. The normalized spacial score (nSPS) is 11.6. The van der Waals surface area contributed by atoms with Crippen LogP contribution in [-0.2, 0) is 5.41 Å². The first kappa shape index (κ1) is 27.5. The summed E-state index contributed by atoms with van der Waals surface area (Å²) >= 11 is 0. The Balaban J connectivity index is 2.32. The third-order valence-electron chi connectivity index (χ3n) is 5.39. The second-order valence-electron chi connectivity index (χ2n) is 9.62. The average molecular weight is 467 g/mol. The molecule has 0 aliphatic carbocycles. The van der Waals surface area contributed by atoms with E-state index in [0.29, 0.717) is 25.4 Å². The van der Waals surface area contributed by atoms with Crippen molar-refractivity contribution in [2.45, 2.75) is 79.1 Å². The van der Waals surface area contributed by atoms with E-state index in [2.05, 4.69) is 41.5 Å². The van der Waals surface area contributed by atoms with Crippen molar-refractivity contribution >= 4 is 11.9 Å². The Morgan fingerprint density at radius 1 is 0.794 bits per heavy atom. The van der Waals surface area contributed by atoms with Crippen LogP contribution >= 0.6 is 0 Å². The summed E-state index contributed by atoms with van der Waals surface area (Å²) in [6, 6.07) is 11.3. The second kappa shape index (κ2) is 13.8. The first-order valence-corrected chi connectivity index (χ1v) is 12.7. The molecule has 2 aromatic carbocycles. The molecule has 0 fully saturated rings. The van der Waals surface area contributed by atoms with E-state index in [9.17, 15) is 4.79 Å². The summed E-state index contributed by atoms with van der Waals surface area (Å²) in [5.74, 6) is 2.39. The fourth-order valence-corrected chi connectivity index (χ4v) is 3.53. The highest BCUT2D eigenvalue weighted by Crippen LogP contribution is 2.40. The molecule has 0 saturated carbocycles. The number of carbonyl (C=O) groups is 1. The van der Waals surface area contributed by atoms with Gasteiger partial charge in [0.1, 0.15) is 17.2 Å². The summed E-state index contributed by atoms with van der Waals surface area (Å²) in [6.07, 6.45) is 8.53. The van der Waals surface area contributed by atoms with Crippen LogP contribution in [0.5, 0.6) is 17.2 Å². The van der Waals surface area contributed by atoms with Gasteiger partial charge in [-0.1, -0.05) is 60.5 Å². The molecule has 186 valence electrons. The van der Waals surface area contributed by atoms with Gasteiger partial charge in [0.2, 0.25) is 0 Å². The van der Waals surface area contributed by atoms with Crippen LogP contribution in [0, 0.1) is 0 Å². The molecule has 0 radical (unpaired) electrons. The molecular weight excluding hydrogens is 424 g/mol. The Kier molecular flexibility index (Phi) is 11.2. The SMILES string of the molecule is CCCCOc1cc(C=CC(=O)c2ccc(OCCC)cc2)cc(OCCCC)c1C(C)(C)C. The van der Waals surface area contributed by atoms with Gasteiger partial charge in [-0.3, -0.25) is 4.79 Å². The molecule has 0 amide bonds. The zero-order valence-electron chi connectivity index (χ0n) is 21.9. The zero-order valence-corrected chi connectivity index (χ0v) is 21.9. The largest absolute Gasteiger partial charge is 0.494 e. The molecule has 0 atom stereocenters. The van der Waals surface area contributed by atoms with Gasteiger partial charge in [0.25, 0.3) is 0 Å². The number of unbranched alkanes of at least 4 members (excludes halogenated alkanes) is 2. The minimum absolute atomic E-state index is 0.0520. The van der Waals surface area contributed by atoms with Crippen molar-refractivity contribution < 1.29 is 19.0 Å². The minimum atomic E-state index is -0.136. The maximum absolute atomic E-state index is 12.8. The summed E-state index contributed by atoms with van der Waals surface area (Å²) in [5, 5.41) is 0. The van der Waals surface area contributed by atoms with Crippen LogP contribution in [-0.4, -0.2) is 25.6 Å². The predicted molar refractivity (Wildman–Crippen MR) is 142 cm³/mol. The average Bonchev–Trinajstić information content (AvgIpc) is 2.81. The highest BCUT2D eigenvalue weighted by atomic mass is 16.5. The molecule has 0 aliphatic rings. The molecule has 2 rings (SSSR count). The molecule has 0 aromatic heterocycles. The molecule has 34 heavy (non-hydrogen) atoms.